The fourth-order valence-corrected chi connectivity index (χ4v) is 4.45. The summed E-state index contributed by atoms with van der Waals surface area (Å²) in [6, 6.07) is 10.7. The van der Waals surface area contributed by atoms with Gasteiger partial charge in [-0.25, -0.2) is 0 Å². The molecule has 1 aliphatic carbocycles. The lowest BCUT2D eigenvalue weighted by molar-refractivity contribution is 0.0730. The van der Waals surface area contributed by atoms with Crippen molar-refractivity contribution in [2.24, 2.45) is 5.92 Å². The number of hydrogen-bond acceptors (Lipinski definition) is 6. The van der Waals surface area contributed by atoms with Crippen LogP contribution in [0.3, 0.4) is 0 Å². The fourth-order valence-electron chi connectivity index (χ4n) is 4.45. The molecule has 0 saturated heterocycles. The molecule has 0 unspecified atom stereocenters. The summed E-state index contributed by atoms with van der Waals surface area (Å²) in [6.45, 7) is 2.03. The van der Waals surface area contributed by atoms with Crippen LogP contribution in [0.4, 0.5) is 0 Å². The maximum absolute atomic E-state index is 13.4. The van der Waals surface area contributed by atoms with Gasteiger partial charge in [-0.1, -0.05) is 6.07 Å². The zero-order chi connectivity index (χ0) is 24.4. The number of fused-ring (bicyclic) bond motifs is 1. The van der Waals surface area contributed by atoms with Gasteiger partial charge in [-0.3, -0.25) is 19.3 Å². The quantitative estimate of drug-likeness (QED) is 0.538. The van der Waals surface area contributed by atoms with Gasteiger partial charge in [0.15, 0.2) is 17.2 Å². The minimum absolute atomic E-state index is 0.119. The molecule has 1 aromatic carbocycles. The van der Waals surface area contributed by atoms with E-state index in [0.717, 1.165) is 23.5 Å². The number of nitrogens with zero attached hydrogens (tertiary/aromatic N) is 4. The lowest BCUT2D eigenvalue weighted by Crippen LogP contribution is -2.37. The average Bonchev–Trinajstić information content (AvgIpc) is 3.66. The molecule has 2 aromatic heterocycles. The molecular formula is C26H29N5O4. The molecule has 3 aromatic rings. The summed E-state index contributed by atoms with van der Waals surface area (Å²) in [5.74, 6) is 1.32. The summed E-state index contributed by atoms with van der Waals surface area (Å²) in [7, 11) is 3.11. The molecule has 0 radical (unpaired) electrons. The topological polar surface area (TPSA) is 98.6 Å². The Balaban J connectivity index is 1.38. The molecule has 9 heteroatoms. The maximum Gasteiger partial charge on any atom is 0.272 e. The van der Waals surface area contributed by atoms with Crippen molar-refractivity contribution in [1.29, 1.82) is 0 Å². The van der Waals surface area contributed by atoms with Gasteiger partial charge in [0.2, 0.25) is 0 Å². The number of rotatable bonds is 8. The summed E-state index contributed by atoms with van der Waals surface area (Å²) in [5.41, 5.74) is 3.55. The number of nitrogens with one attached hydrogen (secondary N) is 1. The lowest BCUT2D eigenvalue weighted by Gasteiger charge is -2.28. The Morgan fingerprint density at radius 2 is 1.94 bits per heavy atom. The molecule has 3 heterocycles. The molecule has 0 bridgehead atoms. The van der Waals surface area contributed by atoms with Gasteiger partial charge < -0.3 is 19.7 Å². The number of hydrogen-bond donors (Lipinski definition) is 1. The van der Waals surface area contributed by atoms with Crippen LogP contribution in [-0.4, -0.2) is 52.2 Å². The molecule has 1 aliphatic heterocycles. The highest BCUT2D eigenvalue weighted by Gasteiger charge is 2.32. The largest absolute Gasteiger partial charge is 0.493 e. The first-order chi connectivity index (χ1) is 17.1. The van der Waals surface area contributed by atoms with Gasteiger partial charge in [-0.15, -0.1) is 0 Å². The van der Waals surface area contributed by atoms with Crippen molar-refractivity contribution in [2.75, 3.05) is 20.8 Å². The van der Waals surface area contributed by atoms with E-state index >= 15 is 0 Å². The van der Waals surface area contributed by atoms with Gasteiger partial charge in [-0.05, 0) is 49.1 Å². The monoisotopic (exact) mass is 475 g/mol. The Bertz CT molecular complexity index is 1240. The van der Waals surface area contributed by atoms with Crippen LogP contribution in [0.15, 0.2) is 42.6 Å². The molecule has 182 valence electrons. The zero-order valence-electron chi connectivity index (χ0n) is 20.0. The SMILES string of the molecule is COc1ccc(C(=O)N2CCc3c(c(C(=O)NCc4ccccn4)nn3CC3CC3)C2)cc1OC. The highest BCUT2D eigenvalue weighted by molar-refractivity contribution is 5.96. The first-order valence-electron chi connectivity index (χ1n) is 11.8. The molecule has 9 nitrogen and oxygen atoms in total. The van der Waals surface area contributed by atoms with Crippen LogP contribution in [0.5, 0.6) is 11.5 Å². The van der Waals surface area contributed by atoms with E-state index in [1.165, 1.54) is 12.8 Å². The minimum Gasteiger partial charge on any atom is -0.493 e. The Morgan fingerprint density at radius 1 is 1.11 bits per heavy atom. The van der Waals surface area contributed by atoms with Crippen LogP contribution < -0.4 is 14.8 Å². The minimum atomic E-state index is -0.248. The number of amides is 2. The molecule has 2 amide bonds. The smallest absolute Gasteiger partial charge is 0.272 e. The van der Waals surface area contributed by atoms with Crippen molar-refractivity contribution in [1.82, 2.24) is 25.0 Å². The van der Waals surface area contributed by atoms with E-state index in [1.807, 2.05) is 22.9 Å². The first-order valence-corrected chi connectivity index (χ1v) is 11.8. The van der Waals surface area contributed by atoms with Gasteiger partial charge in [0.25, 0.3) is 11.8 Å². The number of methoxy groups -OCH3 is 2. The lowest BCUT2D eigenvalue weighted by atomic mass is 10.0. The van der Waals surface area contributed by atoms with Crippen LogP contribution in [-0.2, 0) is 26.1 Å². The summed E-state index contributed by atoms with van der Waals surface area (Å²) in [6.07, 6.45) is 4.74. The van der Waals surface area contributed by atoms with E-state index in [0.29, 0.717) is 54.7 Å². The predicted molar refractivity (Wildman–Crippen MR) is 128 cm³/mol. The molecule has 35 heavy (non-hydrogen) atoms. The van der Waals surface area contributed by atoms with Crippen LogP contribution >= 0.6 is 0 Å². The van der Waals surface area contributed by atoms with Gasteiger partial charge in [0.1, 0.15) is 0 Å². The van der Waals surface area contributed by atoms with Crippen molar-refractivity contribution in [3.05, 3.63) is 70.8 Å². The Kier molecular flexibility index (Phi) is 6.39. The predicted octanol–water partition coefficient (Wildman–Crippen LogP) is 2.83. The molecule has 5 rings (SSSR count). The third-order valence-corrected chi connectivity index (χ3v) is 6.55. The molecule has 2 aliphatic rings. The second kappa shape index (κ2) is 9.77. The van der Waals surface area contributed by atoms with Crippen molar-refractivity contribution in [3.8, 4) is 11.5 Å². The summed E-state index contributed by atoms with van der Waals surface area (Å²) >= 11 is 0. The zero-order valence-corrected chi connectivity index (χ0v) is 20.0. The average molecular weight is 476 g/mol. The number of carbonyl (C=O) groups excluding carboxylic acids is 2. The van der Waals surface area contributed by atoms with Crippen LogP contribution in [0.25, 0.3) is 0 Å². The molecule has 0 atom stereocenters. The van der Waals surface area contributed by atoms with E-state index in [1.54, 1.807) is 43.5 Å². The normalized spacial score (nSPS) is 14.9. The van der Waals surface area contributed by atoms with Crippen molar-refractivity contribution in [3.63, 3.8) is 0 Å². The van der Waals surface area contributed by atoms with E-state index in [-0.39, 0.29) is 11.8 Å². The summed E-state index contributed by atoms with van der Waals surface area (Å²) < 4.78 is 12.6. The van der Waals surface area contributed by atoms with Gasteiger partial charge in [-0.2, -0.15) is 5.10 Å². The number of benzene rings is 1. The van der Waals surface area contributed by atoms with E-state index in [4.69, 9.17) is 14.6 Å². The molecule has 0 spiro atoms. The van der Waals surface area contributed by atoms with E-state index in [2.05, 4.69) is 10.3 Å². The maximum atomic E-state index is 13.4. The second-order valence-electron chi connectivity index (χ2n) is 8.95. The second-order valence-corrected chi connectivity index (χ2v) is 8.95. The van der Waals surface area contributed by atoms with Gasteiger partial charge >= 0.3 is 0 Å². The van der Waals surface area contributed by atoms with Crippen molar-refractivity contribution in [2.45, 2.75) is 38.9 Å². The van der Waals surface area contributed by atoms with Crippen LogP contribution in [0.2, 0.25) is 0 Å². The highest BCUT2D eigenvalue weighted by Crippen LogP contribution is 2.33. The van der Waals surface area contributed by atoms with E-state index in [9.17, 15) is 9.59 Å². The molecular weight excluding hydrogens is 446 g/mol. The van der Waals surface area contributed by atoms with Crippen LogP contribution in [0.1, 0.15) is 50.6 Å². The molecule has 1 fully saturated rings. The van der Waals surface area contributed by atoms with Crippen molar-refractivity contribution >= 4 is 11.8 Å². The van der Waals surface area contributed by atoms with Crippen LogP contribution in [0, 0.1) is 5.92 Å². The highest BCUT2D eigenvalue weighted by atomic mass is 16.5. The third kappa shape index (κ3) is 4.84. The number of aromatic nitrogens is 3. The van der Waals surface area contributed by atoms with E-state index < -0.39 is 0 Å². The Hall–Kier alpha value is -3.88. The first kappa shape index (κ1) is 22.9. The third-order valence-electron chi connectivity index (χ3n) is 6.55. The molecule has 1 saturated carbocycles. The van der Waals surface area contributed by atoms with Gasteiger partial charge in [0.05, 0.1) is 33.0 Å². The summed E-state index contributed by atoms with van der Waals surface area (Å²) in [5, 5.41) is 7.65. The fraction of sp³-hybridized carbons (Fsp3) is 0.385. The number of pyridine rings is 1. The Labute approximate surface area is 204 Å². The number of ether oxygens (including phenoxy) is 2. The molecule has 1 N–H and O–H groups in total. The standard InChI is InChI=1S/C26H29N5O4/c1-34-22-9-8-18(13-23(22)35-2)26(33)30-12-10-21-20(16-30)24(29-31(21)15-17-6-7-17)25(32)28-14-19-5-3-4-11-27-19/h3-5,8-9,11,13,17H,6-7,10,12,14-16H2,1-2H3,(H,28,32). The van der Waals surface area contributed by atoms with Crippen molar-refractivity contribution < 1.29 is 19.1 Å². The van der Waals surface area contributed by atoms with Gasteiger partial charge in [0, 0.05) is 42.5 Å². The summed E-state index contributed by atoms with van der Waals surface area (Å²) in [4.78, 5) is 32.5. The Morgan fingerprint density at radius 3 is 2.66 bits per heavy atom. The number of carbonyl (C=O) groups is 2.